The Balaban J connectivity index is 3.18. The Morgan fingerprint density at radius 2 is 2.00 bits per heavy atom. The van der Waals surface area contributed by atoms with Gasteiger partial charge in [0, 0.05) is 4.47 Å². The lowest BCUT2D eigenvalue weighted by atomic mass is 9.99. The Labute approximate surface area is 100 Å². The van der Waals surface area contributed by atoms with Crippen LogP contribution in [0.2, 0.25) is 0 Å². The van der Waals surface area contributed by atoms with Crippen LogP contribution < -0.4 is 0 Å². The molecule has 0 aliphatic heterocycles. The fourth-order valence-corrected chi connectivity index (χ4v) is 1.85. The first-order valence-electron chi connectivity index (χ1n) is 4.91. The molecule has 0 radical (unpaired) electrons. The molecule has 0 saturated heterocycles. The van der Waals surface area contributed by atoms with Crippen molar-refractivity contribution in [2.24, 2.45) is 0 Å². The number of halogens is 4. The van der Waals surface area contributed by atoms with E-state index in [0.29, 0.717) is 17.3 Å². The fourth-order valence-electron chi connectivity index (χ4n) is 1.49. The van der Waals surface area contributed by atoms with Gasteiger partial charge in [0.1, 0.15) is 0 Å². The van der Waals surface area contributed by atoms with Crippen LogP contribution in [0.4, 0.5) is 13.2 Å². The van der Waals surface area contributed by atoms with Crippen LogP contribution >= 0.6 is 15.9 Å². The van der Waals surface area contributed by atoms with Crippen molar-refractivity contribution in [3.05, 3.63) is 33.8 Å². The highest BCUT2D eigenvalue weighted by Crippen LogP contribution is 2.37. The molecule has 0 unspecified atom stereocenters. The third-order valence-electron chi connectivity index (χ3n) is 2.24. The molecule has 0 heterocycles. The third kappa shape index (κ3) is 3.22. The van der Waals surface area contributed by atoms with Gasteiger partial charge in [0.25, 0.3) is 0 Å². The Hall–Kier alpha value is -0.550. The van der Waals surface area contributed by atoms with E-state index in [1.807, 2.05) is 6.92 Å². The van der Waals surface area contributed by atoms with Crippen LogP contribution in [0.15, 0.2) is 22.7 Å². The van der Waals surface area contributed by atoms with Gasteiger partial charge in [0.15, 0.2) is 0 Å². The number of hydrogen-bond acceptors (Lipinski definition) is 1. The zero-order valence-electron chi connectivity index (χ0n) is 8.68. The first-order valence-corrected chi connectivity index (χ1v) is 5.70. The summed E-state index contributed by atoms with van der Waals surface area (Å²) in [6.07, 6.45) is -4.54. The molecule has 0 amide bonds. The van der Waals surface area contributed by atoms with E-state index >= 15 is 0 Å². The van der Waals surface area contributed by atoms with E-state index in [9.17, 15) is 18.3 Å². The highest BCUT2D eigenvalue weighted by molar-refractivity contribution is 9.10. The van der Waals surface area contributed by atoms with E-state index in [0.717, 1.165) is 6.07 Å². The van der Waals surface area contributed by atoms with Gasteiger partial charge in [-0.2, -0.15) is 13.2 Å². The zero-order chi connectivity index (χ0) is 12.3. The second kappa shape index (κ2) is 5.19. The SMILES string of the molecule is CCC[C@H](O)c1ccc(Br)cc1C(F)(F)F. The predicted molar refractivity (Wildman–Crippen MR) is 59.0 cm³/mol. The minimum atomic E-state index is -4.44. The monoisotopic (exact) mass is 296 g/mol. The largest absolute Gasteiger partial charge is 0.416 e. The Morgan fingerprint density at radius 1 is 1.38 bits per heavy atom. The number of rotatable bonds is 3. The average Bonchev–Trinajstić information content (AvgIpc) is 2.16. The van der Waals surface area contributed by atoms with E-state index in [1.165, 1.54) is 12.1 Å². The van der Waals surface area contributed by atoms with E-state index in [4.69, 9.17) is 0 Å². The van der Waals surface area contributed by atoms with Crippen molar-refractivity contribution in [3.8, 4) is 0 Å². The molecule has 0 aliphatic carbocycles. The lowest BCUT2D eigenvalue weighted by Gasteiger charge is -2.17. The molecule has 0 aromatic heterocycles. The average molecular weight is 297 g/mol. The third-order valence-corrected chi connectivity index (χ3v) is 2.74. The van der Waals surface area contributed by atoms with Gasteiger partial charge in [-0.15, -0.1) is 0 Å². The minimum Gasteiger partial charge on any atom is -0.388 e. The van der Waals surface area contributed by atoms with Crippen molar-refractivity contribution in [1.29, 1.82) is 0 Å². The summed E-state index contributed by atoms with van der Waals surface area (Å²) in [5.74, 6) is 0. The van der Waals surface area contributed by atoms with E-state index in [1.54, 1.807) is 0 Å². The molecule has 0 aliphatic rings. The summed E-state index contributed by atoms with van der Waals surface area (Å²) < 4.78 is 38.4. The number of alkyl halides is 3. The molecule has 0 fully saturated rings. The Bertz CT molecular complexity index is 363. The molecular formula is C11H12BrF3O. The summed E-state index contributed by atoms with van der Waals surface area (Å²) in [6.45, 7) is 1.81. The predicted octanol–water partition coefficient (Wildman–Crippen LogP) is 4.30. The molecule has 1 N–H and O–H groups in total. The molecule has 90 valence electrons. The van der Waals surface area contributed by atoms with Crippen molar-refractivity contribution in [3.63, 3.8) is 0 Å². The highest BCUT2D eigenvalue weighted by Gasteiger charge is 2.34. The van der Waals surface area contributed by atoms with Gasteiger partial charge in [0.2, 0.25) is 0 Å². The van der Waals surface area contributed by atoms with Gasteiger partial charge in [0.05, 0.1) is 11.7 Å². The maximum absolute atomic E-state index is 12.7. The van der Waals surface area contributed by atoms with Gasteiger partial charge in [-0.3, -0.25) is 0 Å². The normalized spacial score (nSPS) is 13.9. The highest BCUT2D eigenvalue weighted by atomic mass is 79.9. The molecule has 1 aromatic carbocycles. The van der Waals surface area contributed by atoms with Gasteiger partial charge in [-0.25, -0.2) is 0 Å². The fraction of sp³-hybridized carbons (Fsp3) is 0.455. The number of hydrogen-bond donors (Lipinski definition) is 1. The lowest BCUT2D eigenvalue weighted by Crippen LogP contribution is -2.12. The molecule has 0 spiro atoms. The van der Waals surface area contributed by atoms with Crippen molar-refractivity contribution in [1.82, 2.24) is 0 Å². The molecule has 0 saturated carbocycles. The molecule has 1 nitrogen and oxygen atoms in total. The topological polar surface area (TPSA) is 20.2 Å². The summed E-state index contributed by atoms with van der Waals surface area (Å²) in [5.41, 5.74) is -0.833. The molecule has 1 aromatic rings. The van der Waals surface area contributed by atoms with Crippen molar-refractivity contribution >= 4 is 15.9 Å². The Kier molecular flexibility index (Phi) is 4.38. The van der Waals surface area contributed by atoms with E-state index in [-0.39, 0.29) is 5.56 Å². The van der Waals surface area contributed by atoms with Gasteiger partial charge in [-0.05, 0) is 24.1 Å². The molecular weight excluding hydrogens is 285 g/mol. The van der Waals surface area contributed by atoms with Crippen molar-refractivity contribution in [2.75, 3.05) is 0 Å². The minimum absolute atomic E-state index is 0.0578. The summed E-state index contributed by atoms with van der Waals surface area (Å²) in [5, 5.41) is 9.64. The standard InChI is InChI=1S/C11H12BrF3O/c1-2-3-10(16)8-5-4-7(12)6-9(8)11(13,14)15/h4-6,10,16H,2-3H2,1H3/t10-/m0/s1. The molecule has 1 atom stereocenters. The lowest BCUT2D eigenvalue weighted by molar-refractivity contribution is -0.139. The summed E-state index contributed by atoms with van der Waals surface area (Å²) in [4.78, 5) is 0. The second-order valence-electron chi connectivity index (χ2n) is 3.53. The molecule has 5 heteroatoms. The quantitative estimate of drug-likeness (QED) is 0.882. The van der Waals surface area contributed by atoms with Crippen LogP contribution in [0.25, 0.3) is 0 Å². The zero-order valence-corrected chi connectivity index (χ0v) is 10.3. The maximum Gasteiger partial charge on any atom is 0.416 e. The van der Waals surface area contributed by atoms with Crippen molar-refractivity contribution in [2.45, 2.75) is 32.0 Å². The summed E-state index contributed by atoms with van der Waals surface area (Å²) >= 11 is 3.00. The summed E-state index contributed by atoms with van der Waals surface area (Å²) in [7, 11) is 0. The van der Waals surface area contributed by atoms with Gasteiger partial charge in [-0.1, -0.05) is 35.3 Å². The smallest absolute Gasteiger partial charge is 0.388 e. The number of benzene rings is 1. The van der Waals surface area contributed by atoms with Crippen LogP contribution in [0.3, 0.4) is 0 Å². The van der Waals surface area contributed by atoms with Crippen LogP contribution in [0, 0.1) is 0 Å². The molecule has 1 rings (SSSR count). The van der Waals surface area contributed by atoms with E-state index in [2.05, 4.69) is 15.9 Å². The van der Waals surface area contributed by atoms with Crippen LogP contribution in [0.5, 0.6) is 0 Å². The number of aliphatic hydroxyl groups is 1. The van der Waals surface area contributed by atoms with Gasteiger partial charge < -0.3 is 5.11 Å². The van der Waals surface area contributed by atoms with Crippen LogP contribution in [-0.4, -0.2) is 5.11 Å². The van der Waals surface area contributed by atoms with Gasteiger partial charge >= 0.3 is 6.18 Å². The first kappa shape index (κ1) is 13.5. The second-order valence-corrected chi connectivity index (χ2v) is 4.45. The van der Waals surface area contributed by atoms with Crippen LogP contribution in [-0.2, 0) is 6.18 Å². The van der Waals surface area contributed by atoms with E-state index < -0.39 is 17.8 Å². The molecule has 16 heavy (non-hydrogen) atoms. The summed E-state index contributed by atoms with van der Waals surface area (Å²) in [6, 6.07) is 3.81. The number of aliphatic hydroxyl groups excluding tert-OH is 1. The Morgan fingerprint density at radius 3 is 2.50 bits per heavy atom. The first-order chi connectivity index (χ1) is 7.36. The van der Waals surface area contributed by atoms with Crippen LogP contribution in [0.1, 0.15) is 37.0 Å². The maximum atomic E-state index is 12.7. The van der Waals surface area contributed by atoms with Crippen molar-refractivity contribution < 1.29 is 18.3 Å². The molecule has 0 bridgehead atoms.